The fourth-order valence-corrected chi connectivity index (χ4v) is 1.79. The maximum absolute atomic E-state index is 10.9. The smallest absolute Gasteiger partial charge is 0.358 e. The number of carboxylic acids is 1. The lowest BCUT2D eigenvalue weighted by Gasteiger charge is -2.05. The maximum atomic E-state index is 10.9. The van der Waals surface area contributed by atoms with Crippen LogP contribution in [0.1, 0.15) is 16.2 Å². The lowest BCUT2D eigenvalue weighted by Crippen LogP contribution is -2.02. The monoisotopic (exact) mass is 266 g/mol. The van der Waals surface area contributed by atoms with Crippen LogP contribution in [0.5, 0.6) is 5.75 Å². The SMILES string of the molecule is COc1ccc(-n2nc(C(=O)O)c(Cl)c2C)cc1. The molecule has 1 aromatic heterocycles. The molecule has 0 amide bonds. The molecule has 0 saturated heterocycles. The van der Waals surface area contributed by atoms with E-state index in [0.717, 1.165) is 5.69 Å². The predicted molar refractivity (Wildman–Crippen MR) is 66.8 cm³/mol. The van der Waals surface area contributed by atoms with Gasteiger partial charge in [-0.15, -0.1) is 0 Å². The van der Waals surface area contributed by atoms with E-state index in [1.54, 1.807) is 38.3 Å². The lowest BCUT2D eigenvalue weighted by molar-refractivity contribution is 0.0690. The van der Waals surface area contributed by atoms with Crippen LogP contribution in [0.3, 0.4) is 0 Å². The molecule has 0 aliphatic heterocycles. The number of hydrogen-bond acceptors (Lipinski definition) is 3. The van der Waals surface area contributed by atoms with E-state index < -0.39 is 5.97 Å². The molecule has 2 aromatic rings. The van der Waals surface area contributed by atoms with Crippen LogP contribution in [0.2, 0.25) is 5.02 Å². The van der Waals surface area contributed by atoms with Gasteiger partial charge in [0.25, 0.3) is 0 Å². The summed E-state index contributed by atoms with van der Waals surface area (Å²) < 4.78 is 6.54. The van der Waals surface area contributed by atoms with Crippen LogP contribution in [0.25, 0.3) is 5.69 Å². The molecule has 1 N–H and O–H groups in total. The van der Waals surface area contributed by atoms with E-state index in [-0.39, 0.29) is 10.7 Å². The summed E-state index contributed by atoms with van der Waals surface area (Å²) in [6.45, 7) is 1.71. The number of rotatable bonds is 3. The van der Waals surface area contributed by atoms with Crippen molar-refractivity contribution in [3.8, 4) is 11.4 Å². The van der Waals surface area contributed by atoms with Crippen molar-refractivity contribution < 1.29 is 14.6 Å². The quantitative estimate of drug-likeness (QED) is 0.927. The minimum atomic E-state index is -1.14. The van der Waals surface area contributed by atoms with E-state index in [1.807, 2.05) is 0 Å². The van der Waals surface area contributed by atoms with Crippen LogP contribution in [0, 0.1) is 6.92 Å². The van der Waals surface area contributed by atoms with E-state index in [1.165, 1.54) is 4.68 Å². The minimum absolute atomic E-state index is 0.148. The minimum Gasteiger partial charge on any atom is -0.497 e. The van der Waals surface area contributed by atoms with Crippen molar-refractivity contribution in [2.45, 2.75) is 6.92 Å². The number of aromatic carboxylic acids is 1. The Hall–Kier alpha value is -2.01. The third-order valence-corrected chi connectivity index (χ3v) is 3.02. The average Bonchev–Trinajstić information content (AvgIpc) is 2.67. The van der Waals surface area contributed by atoms with Crippen molar-refractivity contribution in [2.75, 3.05) is 7.11 Å². The molecule has 0 unspecified atom stereocenters. The molecular weight excluding hydrogens is 256 g/mol. The fraction of sp³-hybridized carbons (Fsp3) is 0.167. The first-order valence-corrected chi connectivity index (χ1v) is 5.55. The standard InChI is InChI=1S/C12H11ClN2O3/c1-7-10(13)11(12(16)17)14-15(7)8-3-5-9(18-2)6-4-8/h3-6H,1-2H3,(H,16,17). The largest absolute Gasteiger partial charge is 0.497 e. The number of benzene rings is 1. The van der Waals surface area contributed by atoms with Crippen LogP contribution in [0.15, 0.2) is 24.3 Å². The normalized spacial score (nSPS) is 10.4. The summed E-state index contributed by atoms with van der Waals surface area (Å²) in [5.41, 5.74) is 1.16. The number of halogens is 1. The third kappa shape index (κ3) is 2.04. The van der Waals surface area contributed by atoms with E-state index in [9.17, 15) is 4.79 Å². The molecule has 0 bridgehead atoms. The van der Waals surface area contributed by atoms with Gasteiger partial charge in [-0.3, -0.25) is 0 Å². The first-order chi connectivity index (χ1) is 8.54. The number of methoxy groups -OCH3 is 1. The van der Waals surface area contributed by atoms with Gasteiger partial charge in [0.15, 0.2) is 5.69 Å². The van der Waals surface area contributed by atoms with E-state index in [0.29, 0.717) is 11.4 Å². The van der Waals surface area contributed by atoms with Crippen molar-refractivity contribution in [2.24, 2.45) is 0 Å². The number of carboxylic acid groups (broad SMARTS) is 1. The molecule has 6 heteroatoms. The lowest BCUT2D eigenvalue weighted by atomic mass is 10.3. The molecule has 0 saturated carbocycles. The zero-order chi connectivity index (χ0) is 13.3. The van der Waals surface area contributed by atoms with Gasteiger partial charge < -0.3 is 9.84 Å². The van der Waals surface area contributed by atoms with E-state index in [4.69, 9.17) is 21.4 Å². The zero-order valence-corrected chi connectivity index (χ0v) is 10.6. The van der Waals surface area contributed by atoms with Crippen molar-refractivity contribution in [1.29, 1.82) is 0 Å². The third-order valence-electron chi connectivity index (χ3n) is 2.56. The Kier molecular flexibility index (Phi) is 3.25. The van der Waals surface area contributed by atoms with Crippen LogP contribution < -0.4 is 4.74 Å². The fourth-order valence-electron chi connectivity index (χ4n) is 1.59. The molecule has 18 heavy (non-hydrogen) atoms. The number of aromatic nitrogens is 2. The highest BCUT2D eigenvalue weighted by atomic mass is 35.5. The zero-order valence-electron chi connectivity index (χ0n) is 9.85. The van der Waals surface area contributed by atoms with Crippen LogP contribution in [-0.4, -0.2) is 28.0 Å². The Balaban J connectivity index is 2.50. The summed E-state index contributed by atoms with van der Waals surface area (Å²) in [5.74, 6) is -0.427. The number of ether oxygens (including phenoxy) is 1. The molecular formula is C12H11ClN2O3. The van der Waals surface area contributed by atoms with Gasteiger partial charge in [0, 0.05) is 0 Å². The number of carbonyl (C=O) groups is 1. The summed E-state index contributed by atoms with van der Waals surface area (Å²) in [6.07, 6.45) is 0. The Labute approximate surface area is 109 Å². The van der Waals surface area contributed by atoms with Gasteiger partial charge >= 0.3 is 5.97 Å². The Morgan fingerprint density at radius 3 is 2.44 bits per heavy atom. The summed E-state index contributed by atoms with van der Waals surface area (Å²) in [7, 11) is 1.58. The molecule has 2 rings (SSSR count). The predicted octanol–water partition coefficient (Wildman–Crippen LogP) is 2.54. The molecule has 5 nitrogen and oxygen atoms in total. The second-order valence-electron chi connectivity index (χ2n) is 3.66. The van der Waals surface area contributed by atoms with Gasteiger partial charge in [-0.1, -0.05) is 11.6 Å². The van der Waals surface area contributed by atoms with Gasteiger partial charge in [0.05, 0.1) is 23.5 Å². The number of nitrogens with zero attached hydrogens (tertiary/aromatic N) is 2. The molecule has 0 atom stereocenters. The molecule has 0 aliphatic rings. The maximum Gasteiger partial charge on any atom is 0.358 e. The van der Waals surface area contributed by atoms with Gasteiger partial charge in [-0.05, 0) is 31.2 Å². The van der Waals surface area contributed by atoms with E-state index >= 15 is 0 Å². The van der Waals surface area contributed by atoms with Gasteiger partial charge in [0.2, 0.25) is 0 Å². The summed E-state index contributed by atoms with van der Waals surface area (Å²) in [4.78, 5) is 10.9. The second kappa shape index (κ2) is 4.70. The molecule has 0 spiro atoms. The highest BCUT2D eigenvalue weighted by Gasteiger charge is 2.19. The summed E-state index contributed by atoms with van der Waals surface area (Å²) >= 11 is 5.93. The number of hydrogen-bond donors (Lipinski definition) is 1. The molecule has 0 radical (unpaired) electrons. The van der Waals surface area contributed by atoms with Gasteiger partial charge in [-0.25, -0.2) is 9.48 Å². The van der Waals surface area contributed by atoms with Crippen LogP contribution >= 0.6 is 11.6 Å². The van der Waals surface area contributed by atoms with Gasteiger partial charge in [-0.2, -0.15) is 5.10 Å². The molecule has 94 valence electrons. The van der Waals surface area contributed by atoms with E-state index in [2.05, 4.69) is 5.10 Å². The van der Waals surface area contributed by atoms with Crippen molar-refractivity contribution >= 4 is 17.6 Å². The summed E-state index contributed by atoms with van der Waals surface area (Å²) in [6, 6.07) is 7.09. The highest BCUT2D eigenvalue weighted by molar-refractivity contribution is 6.33. The molecule has 1 aromatic carbocycles. The Bertz CT molecular complexity index is 590. The van der Waals surface area contributed by atoms with Crippen LogP contribution in [0.4, 0.5) is 0 Å². The molecule has 0 aliphatic carbocycles. The summed E-state index contributed by atoms with van der Waals surface area (Å²) in [5, 5.41) is 13.1. The Morgan fingerprint density at radius 2 is 2.00 bits per heavy atom. The second-order valence-corrected chi connectivity index (χ2v) is 4.04. The topological polar surface area (TPSA) is 64.4 Å². The van der Waals surface area contributed by atoms with Crippen LogP contribution in [-0.2, 0) is 0 Å². The molecule has 0 fully saturated rings. The average molecular weight is 267 g/mol. The molecule has 1 heterocycles. The van der Waals surface area contributed by atoms with Crippen molar-refractivity contribution in [1.82, 2.24) is 9.78 Å². The highest BCUT2D eigenvalue weighted by Crippen LogP contribution is 2.24. The van der Waals surface area contributed by atoms with Crippen molar-refractivity contribution in [3.63, 3.8) is 0 Å². The van der Waals surface area contributed by atoms with Gasteiger partial charge in [0.1, 0.15) is 5.75 Å². The first-order valence-electron chi connectivity index (χ1n) is 5.17. The Morgan fingerprint density at radius 1 is 1.39 bits per heavy atom. The van der Waals surface area contributed by atoms with Crippen molar-refractivity contribution in [3.05, 3.63) is 40.7 Å². The first kappa shape index (κ1) is 12.4.